The number of hydrogen-bond donors (Lipinski definition) is 3. The number of H-pyrrole nitrogens is 1. The molecule has 0 spiro atoms. The highest BCUT2D eigenvalue weighted by Crippen LogP contribution is 2.18. The summed E-state index contributed by atoms with van der Waals surface area (Å²) in [6, 6.07) is 8.48. The first-order valence-corrected chi connectivity index (χ1v) is 7.39. The Balaban J connectivity index is 1.77. The molecule has 0 aliphatic carbocycles. The van der Waals surface area contributed by atoms with E-state index in [-0.39, 0.29) is 11.9 Å². The molecule has 1 aliphatic heterocycles. The molecule has 2 heterocycles. The molecule has 4 nitrogen and oxygen atoms in total. The molecule has 2 aromatic rings. The normalized spacial score (nSPS) is 19.1. The number of aromatic amines is 1. The second kappa shape index (κ2) is 5.67. The Hall–Kier alpha value is -1.81. The van der Waals surface area contributed by atoms with E-state index in [1.807, 2.05) is 6.07 Å². The Kier molecular flexibility index (Phi) is 3.74. The highest BCUT2D eigenvalue weighted by atomic mass is 16.1. The lowest BCUT2D eigenvalue weighted by Gasteiger charge is -2.23. The number of amides is 1. The number of nitrogens with one attached hydrogen (secondary N) is 3. The zero-order valence-electron chi connectivity index (χ0n) is 11.8. The topological polar surface area (TPSA) is 56.9 Å². The molecule has 1 unspecified atom stereocenters. The minimum atomic E-state index is -0.00653. The molecule has 0 bridgehead atoms. The molecule has 3 rings (SSSR count). The average Bonchev–Trinajstić information content (AvgIpc) is 2.91. The third-order valence-corrected chi connectivity index (χ3v) is 3.97. The Morgan fingerprint density at radius 3 is 3.05 bits per heavy atom. The highest BCUT2D eigenvalue weighted by Gasteiger charge is 2.17. The highest BCUT2D eigenvalue weighted by molar-refractivity contribution is 5.98. The van der Waals surface area contributed by atoms with Crippen molar-refractivity contribution in [3.63, 3.8) is 0 Å². The van der Waals surface area contributed by atoms with E-state index in [1.165, 1.54) is 5.56 Å². The van der Waals surface area contributed by atoms with Crippen molar-refractivity contribution in [2.24, 2.45) is 0 Å². The van der Waals surface area contributed by atoms with Crippen LogP contribution in [-0.4, -0.2) is 30.0 Å². The fourth-order valence-electron chi connectivity index (χ4n) is 2.75. The van der Waals surface area contributed by atoms with Crippen LogP contribution in [0.4, 0.5) is 0 Å². The smallest absolute Gasteiger partial charge is 0.267 e. The first-order valence-electron chi connectivity index (χ1n) is 7.39. The van der Waals surface area contributed by atoms with Crippen molar-refractivity contribution in [3.8, 4) is 0 Å². The molecular weight excluding hydrogens is 250 g/mol. The molecular formula is C16H21N3O. The number of piperidine rings is 1. The Morgan fingerprint density at radius 1 is 1.40 bits per heavy atom. The number of carbonyl (C=O) groups excluding carboxylic acids is 1. The van der Waals surface area contributed by atoms with Gasteiger partial charge in [-0.1, -0.05) is 19.1 Å². The maximum Gasteiger partial charge on any atom is 0.267 e. The van der Waals surface area contributed by atoms with E-state index in [9.17, 15) is 4.79 Å². The van der Waals surface area contributed by atoms with Gasteiger partial charge in [0, 0.05) is 23.5 Å². The molecule has 0 saturated carbocycles. The molecule has 4 heteroatoms. The summed E-state index contributed by atoms with van der Waals surface area (Å²) >= 11 is 0. The van der Waals surface area contributed by atoms with Gasteiger partial charge in [0.25, 0.3) is 5.91 Å². The number of aromatic nitrogens is 1. The molecule has 1 fully saturated rings. The first-order chi connectivity index (χ1) is 9.76. The van der Waals surface area contributed by atoms with Crippen LogP contribution in [0.25, 0.3) is 10.9 Å². The predicted molar refractivity (Wildman–Crippen MR) is 81.0 cm³/mol. The summed E-state index contributed by atoms with van der Waals surface area (Å²) in [6.45, 7) is 4.05. The summed E-state index contributed by atoms with van der Waals surface area (Å²) in [6.07, 6.45) is 3.18. The fraction of sp³-hybridized carbons (Fsp3) is 0.438. The Morgan fingerprint density at radius 2 is 2.30 bits per heavy atom. The Bertz CT molecular complexity index is 611. The number of hydrogen-bond acceptors (Lipinski definition) is 2. The maximum absolute atomic E-state index is 12.3. The zero-order valence-corrected chi connectivity index (χ0v) is 11.8. The van der Waals surface area contributed by atoms with Gasteiger partial charge in [-0.05, 0) is 43.5 Å². The summed E-state index contributed by atoms with van der Waals surface area (Å²) in [5.41, 5.74) is 2.97. The van der Waals surface area contributed by atoms with Crippen LogP contribution in [0.2, 0.25) is 0 Å². The minimum Gasteiger partial charge on any atom is -0.351 e. The number of aryl methyl sites for hydroxylation is 1. The first kappa shape index (κ1) is 13.2. The number of fused-ring (bicyclic) bond motifs is 1. The molecule has 1 aliphatic rings. The van der Waals surface area contributed by atoms with Crippen molar-refractivity contribution in [2.75, 3.05) is 13.1 Å². The minimum absolute atomic E-state index is 0.00653. The van der Waals surface area contributed by atoms with Crippen molar-refractivity contribution in [1.82, 2.24) is 15.6 Å². The van der Waals surface area contributed by atoms with Gasteiger partial charge in [0.1, 0.15) is 5.69 Å². The molecule has 1 atom stereocenters. The van der Waals surface area contributed by atoms with Gasteiger partial charge in [0.2, 0.25) is 0 Å². The molecule has 1 aromatic heterocycles. The van der Waals surface area contributed by atoms with Crippen LogP contribution in [0.15, 0.2) is 24.3 Å². The molecule has 1 amide bonds. The van der Waals surface area contributed by atoms with Gasteiger partial charge in [0.15, 0.2) is 0 Å². The third-order valence-electron chi connectivity index (χ3n) is 3.97. The van der Waals surface area contributed by atoms with Gasteiger partial charge in [0.05, 0.1) is 0 Å². The summed E-state index contributed by atoms with van der Waals surface area (Å²) < 4.78 is 0. The second-order valence-corrected chi connectivity index (χ2v) is 5.47. The molecule has 20 heavy (non-hydrogen) atoms. The van der Waals surface area contributed by atoms with Crippen LogP contribution in [0.1, 0.15) is 35.8 Å². The van der Waals surface area contributed by atoms with Gasteiger partial charge >= 0.3 is 0 Å². The van der Waals surface area contributed by atoms with Crippen molar-refractivity contribution in [3.05, 3.63) is 35.5 Å². The standard InChI is InChI=1S/C16H21N3O/c1-2-11-5-6-12-9-15(19-14(12)8-11)16(20)18-13-4-3-7-17-10-13/h5-6,8-9,13,17,19H,2-4,7,10H2,1H3,(H,18,20). The van der Waals surface area contributed by atoms with Crippen molar-refractivity contribution in [2.45, 2.75) is 32.2 Å². The lowest BCUT2D eigenvalue weighted by atomic mass is 10.1. The van der Waals surface area contributed by atoms with Crippen LogP contribution in [0.3, 0.4) is 0 Å². The van der Waals surface area contributed by atoms with E-state index in [0.717, 1.165) is 43.3 Å². The summed E-state index contributed by atoms with van der Waals surface area (Å²) in [4.78, 5) is 15.5. The van der Waals surface area contributed by atoms with E-state index >= 15 is 0 Å². The van der Waals surface area contributed by atoms with Gasteiger partial charge in [-0.3, -0.25) is 4.79 Å². The number of carbonyl (C=O) groups is 1. The van der Waals surface area contributed by atoms with Crippen LogP contribution in [0.5, 0.6) is 0 Å². The van der Waals surface area contributed by atoms with Crippen LogP contribution in [-0.2, 0) is 6.42 Å². The second-order valence-electron chi connectivity index (χ2n) is 5.47. The van der Waals surface area contributed by atoms with Gasteiger partial charge < -0.3 is 15.6 Å². The van der Waals surface area contributed by atoms with E-state index in [2.05, 4.69) is 40.7 Å². The van der Waals surface area contributed by atoms with Crippen LogP contribution in [0, 0.1) is 0 Å². The summed E-state index contributed by atoms with van der Waals surface area (Å²) in [5.74, 6) is -0.00653. The van der Waals surface area contributed by atoms with Crippen molar-refractivity contribution < 1.29 is 4.79 Å². The zero-order chi connectivity index (χ0) is 13.9. The van der Waals surface area contributed by atoms with E-state index in [1.54, 1.807) is 0 Å². The monoisotopic (exact) mass is 271 g/mol. The largest absolute Gasteiger partial charge is 0.351 e. The van der Waals surface area contributed by atoms with E-state index < -0.39 is 0 Å². The quantitative estimate of drug-likeness (QED) is 0.801. The van der Waals surface area contributed by atoms with Crippen LogP contribution < -0.4 is 10.6 Å². The van der Waals surface area contributed by atoms with Crippen molar-refractivity contribution >= 4 is 16.8 Å². The number of rotatable bonds is 3. The molecule has 3 N–H and O–H groups in total. The third kappa shape index (κ3) is 2.70. The van der Waals surface area contributed by atoms with Gasteiger partial charge in [-0.2, -0.15) is 0 Å². The molecule has 1 aromatic carbocycles. The van der Waals surface area contributed by atoms with Gasteiger partial charge in [-0.25, -0.2) is 0 Å². The summed E-state index contributed by atoms with van der Waals surface area (Å²) in [5, 5.41) is 7.49. The average molecular weight is 271 g/mol. The molecule has 1 saturated heterocycles. The summed E-state index contributed by atoms with van der Waals surface area (Å²) in [7, 11) is 0. The lowest BCUT2D eigenvalue weighted by Crippen LogP contribution is -2.45. The lowest BCUT2D eigenvalue weighted by molar-refractivity contribution is 0.0926. The predicted octanol–water partition coefficient (Wildman–Crippen LogP) is 2.21. The van der Waals surface area contributed by atoms with E-state index in [4.69, 9.17) is 0 Å². The Labute approximate surface area is 118 Å². The number of benzene rings is 1. The molecule has 106 valence electrons. The maximum atomic E-state index is 12.3. The molecule has 0 radical (unpaired) electrons. The van der Waals surface area contributed by atoms with Crippen molar-refractivity contribution in [1.29, 1.82) is 0 Å². The fourth-order valence-corrected chi connectivity index (χ4v) is 2.75. The SMILES string of the molecule is CCc1ccc2cc(C(=O)NC3CCCNC3)[nH]c2c1. The van der Waals surface area contributed by atoms with Gasteiger partial charge in [-0.15, -0.1) is 0 Å². The van der Waals surface area contributed by atoms with Crippen LogP contribution >= 0.6 is 0 Å². The van der Waals surface area contributed by atoms with E-state index in [0.29, 0.717) is 5.69 Å².